The predicted molar refractivity (Wildman–Crippen MR) is 53.6 cm³/mol. The van der Waals surface area contributed by atoms with Gasteiger partial charge in [0.2, 0.25) is 0 Å². The van der Waals surface area contributed by atoms with Crippen LogP contribution in [0, 0.1) is 0 Å². The van der Waals surface area contributed by atoms with Crippen LogP contribution in [0.4, 0.5) is 8.78 Å². The monoisotopic (exact) mass is 246 g/mol. The Bertz CT molecular complexity index is 292. The normalized spacial score (nSPS) is 12.4. The molecule has 0 heterocycles. The van der Waals surface area contributed by atoms with Crippen molar-refractivity contribution in [2.75, 3.05) is 13.1 Å². The molecule has 2 N–H and O–H groups in total. The fraction of sp³-hybridized carbons (Fsp3) is 0.833. The first-order chi connectivity index (χ1) is 6.32. The Morgan fingerprint density at radius 1 is 1.57 bits per heavy atom. The molecule has 0 spiro atoms. The van der Waals surface area contributed by atoms with Gasteiger partial charge in [0.15, 0.2) is 0 Å². The molecule has 0 aromatic rings. The molecule has 14 heavy (non-hydrogen) atoms. The van der Waals surface area contributed by atoms with E-state index in [9.17, 15) is 17.2 Å². The first-order valence-corrected chi connectivity index (χ1v) is 5.79. The molecule has 0 aliphatic heterocycles. The van der Waals surface area contributed by atoms with E-state index in [1.165, 1.54) is 6.92 Å². The predicted octanol–water partition coefficient (Wildman–Crippen LogP) is 0.537. The van der Waals surface area contributed by atoms with Crippen molar-refractivity contribution in [2.24, 2.45) is 5.73 Å². The van der Waals surface area contributed by atoms with Gasteiger partial charge in [-0.25, -0.2) is 8.42 Å². The third-order valence-corrected chi connectivity index (χ3v) is 3.36. The average Bonchev–Trinajstić information content (AvgIpc) is 2.04. The second kappa shape index (κ2) is 5.52. The lowest BCUT2D eigenvalue weighted by Gasteiger charge is -2.19. The first-order valence-electron chi connectivity index (χ1n) is 3.87. The molecule has 0 atom stereocenters. The van der Waals surface area contributed by atoms with Crippen molar-refractivity contribution in [1.29, 1.82) is 0 Å². The Balaban J connectivity index is 4.49. The van der Waals surface area contributed by atoms with Gasteiger partial charge in [-0.2, -0.15) is 13.1 Å². The molecular weight excluding hydrogens is 234 g/mol. The molecule has 0 rings (SSSR count). The molecule has 0 fully saturated rings. The van der Waals surface area contributed by atoms with Gasteiger partial charge in [0.1, 0.15) is 0 Å². The first kappa shape index (κ1) is 13.7. The highest BCUT2D eigenvalue weighted by Crippen LogP contribution is 2.11. The van der Waals surface area contributed by atoms with E-state index in [1.54, 1.807) is 0 Å². The van der Waals surface area contributed by atoms with Gasteiger partial charge in [-0.05, 0) is 0 Å². The summed E-state index contributed by atoms with van der Waals surface area (Å²) in [6, 6.07) is 0. The maximum atomic E-state index is 12.1. The summed E-state index contributed by atoms with van der Waals surface area (Å²) in [5, 5.41) is 0. The van der Waals surface area contributed by atoms with Crippen LogP contribution in [-0.2, 0) is 10.0 Å². The summed E-state index contributed by atoms with van der Waals surface area (Å²) in [5.41, 5.74) is 5.14. The minimum absolute atomic E-state index is 0.0186. The van der Waals surface area contributed by atoms with Crippen LogP contribution >= 0.6 is 12.2 Å². The number of halogens is 2. The molecule has 0 aromatic heterocycles. The molecule has 0 radical (unpaired) electrons. The minimum Gasteiger partial charge on any atom is -0.393 e. The summed E-state index contributed by atoms with van der Waals surface area (Å²) in [5.74, 6) is -3.39. The molecule has 0 saturated heterocycles. The highest BCUT2D eigenvalue weighted by Gasteiger charge is 2.30. The quantitative estimate of drug-likeness (QED) is 0.695. The van der Waals surface area contributed by atoms with E-state index in [-0.39, 0.29) is 24.5 Å². The van der Waals surface area contributed by atoms with Gasteiger partial charge >= 0.3 is 5.76 Å². The highest BCUT2D eigenvalue weighted by atomic mass is 32.2. The van der Waals surface area contributed by atoms with Crippen molar-refractivity contribution >= 4 is 27.2 Å². The van der Waals surface area contributed by atoms with Crippen LogP contribution < -0.4 is 5.73 Å². The van der Waals surface area contributed by atoms with E-state index in [1.807, 2.05) is 0 Å². The molecule has 0 aliphatic carbocycles. The van der Waals surface area contributed by atoms with Gasteiger partial charge < -0.3 is 5.73 Å². The number of thiocarbonyl (C=S) groups is 1. The van der Waals surface area contributed by atoms with E-state index in [4.69, 9.17) is 5.73 Å². The summed E-state index contributed by atoms with van der Waals surface area (Å²) < 4.78 is 46.8. The Morgan fingerprint density at radius 2 is 2.07 bits per heavy atom. The fourth-order valence-corrected chi connectivity index (χ4v) is 1.84. The summed E-state index contributed by atoms with van der Waals surface area (Å²) >= 11 is 4.52. The lowest BCUT2D eigenvalue weighted by molar-refractivity contribution is 0.220. The third kappa shape index (κ3) is 3.81. The zero-order chi connectivity index (χ0) is 11.4. The SMILES string of the molecule is CCN(CCC(N)=S)S(=O)(=O)C(F)F. The molecule has 0 bridgehead atoms. The molecule has 4 nitrogen and oxygen atoms in total. The van der Waals surface area contributed by atoms with E-state index in [2.05, 4.69) is 12.2 Å². The Kier molecular flexibility index (Phi) is 5.38. The van der Waals surface area contributed by atoms with Crippen LogP contribution in [-0.4, -0.2) is 36.6 Å². The van der Waals surface area contributed by atoms with Crippen LogP contribution in [0.2, 0.25) is 0 Å². The smallest absolute Gasteiger partial charge is 0.350 e. The number of alkyl halides is 2. The summed E-state index contributed by atoms with van der Waals surface area (Å²) in [6.45, 7) is 1.35. The molecule has 84 valence electrons. The third-order valence-electron chi connectivity index (χ3n) is 1.55. The number of rotatable bonds is 6. The maximum absolute atomic E-state index is 12.1. The number of hydrogen-bond donors (Lipinski definition) is 1. The van der Waals surface area contributed by atoms with Gasteiger partial charge in [0.05, 0.1) is 4.99 Å². The van der Waals surface area contributed by atoms with Gasteiger partial charge in [-0.15, -0.1) is 0 Å². The number of sulfonamides is 1. The van der Waals surface area contributed by atoms with Crippen molar-refractivity contribution < 1.29 is 17.2 Å². The van der Waals surface area contributed by atoms with E-state index in [0.717, 1.165) is 0 Å². The van der Waals surface area contributed by atoms with Crippen molar-refractivity contribution in [2.45, 2.75) is 19.1 Å². The van der Waals surface area contributed by atoms with E-state index < -0.39 is 15.8 Å². The molecule has 8 heteroatoms. The van der Waals surface area contributed by atoms with Crippen molar-refractivity contribution in [3.05, 3.63) is 0 Å². The van der Waals surface area contributed by atoms with Crippen molar-refractivity contribution in [3.63, 3.8) is 0 Å². The Labute approximate surface area is 87.1 Å². The lowest BCUT2D eigenvalue weighted by Crippen LogP contribution is -2.37. The van der Waals surface area contributed by atoms with Crippen molar-refractivity contribution in [3.8, 4) is 0 Å². The van der Waals surface area contributed by atoms with Crippen molar-refractivity contribution in [1.82, 2.24) is 4.31 Å². The molecule has 0 saturated carbocycles. The standard InChI is InChI=1S/C6H12F2N2O2S2/c1-2-10(4-3-5(9)13)14(11,12)6(7)8/h6H,2-4H2,1H3,(H2,9,13). The van der Waals surface area contributed by atoms with E-state index >= 15 is 0 Å². The fourth-order valence-electron chi connectivity index (χ4n) is 0.813. The molecule has 0 amide bonds. The number of hydrogen-bond acceptors (Lipinski definition) is 3. The molecular formula is C6H12F2N2O2S2. The number of nitrogens with zero attached hydrogens (tertiary/aromatic N) is 1. The van der Waals surface area contributed by atoms with Gasteiger partial charge in [-0.3, -0.25) is 0 Å². The van der Waals surface area contributed by atoms with Gasteiger partial charge in [-0.1, -0.05) is 19.1 Å². The second-order valence-electron chi connectivity index (χ2n) is 2.51. The second-order valence-corrected chi connectivity index (χ2v) is 4.94. The number of nitrogens with two attached hydrogens (primary N) is 1. The Morgan fingerprint density at radius 3 is 2.36 bits per heavy atom. The summed E-state index contributed by atoms with van der Waals surface area (Å²) in [4.78, 5) is 0.105. The lowest BCUT2D eigenvalue weighted by atomic mass is 10.4. The summed E-state index contributed by atoms with van der Waals surface area (Å²) in [6.07, 6.45) is 0.106. The Hall–Kier alpha value is -0.340. The summed E-state index contributed by atoms with van der Waals surface area (Å²) in [7, 11) is -4.50. The van der Waals surface area contributed by atoms with E-state index in [0.29, 0.717) is 4.31 Å². The van der Waals surface area contributed by atoms with Crippen LogP contribution in [0.5, 0.6) is 0 Å². The van der Waals surface area contributed by atoms with Gasteiger partial charge in [0.25, 0.3) is 10.0 Å². The highest BCUT2D eigenvalue weighted by molar-refractivity contribution is 7.89. The topological polar surface area (TPSA) is 63.4 Å². The molecule has 0 aliphatic rings. The van der Waals surface area contributed by atoms with Crippen LogP contribution in [0.1, 0.15) is 13.3 Å². The van der Waals surface area contributed by atoms with Crippen LogP contribution in [0.3, 0.4) is 0 Å². The largest absolute Gasteiger partial charge is 0.393 e. The van der Waals surface area contributed by atoms with Crippen LogP contribution in [0.25, 0.3) is 0 Å². The van der Waals surface area contributed by atoms with Gasteiger partial charge in [0, 0.05) is 19.5 Å². The minimum atomic E-state index is -4.50. The van der Waals surface area contributed by atoms with Crippen LogP contribution in [0.15, 0.2) is 0 Å². The zero-order valence-corrected chi connectivity index (χ0v) is 9.25. The zero-order valence-electron chi connectivity index (χ0n) is 7.61. The average molecular weight is 246 g/mol. The maximum Gasteiger partial charge on any atom is 0.350 e. The molecule has 0 unspecified atom stereocenters. The molecule has 0 aromatic carbocycles.